The molecule has 206 valence electrons. The highest BCUT2D eigenvalue weighted by Crippen LogP contribution is 2.34. The summed E-state index contributed by atoms with van der Waals surface area (Å²) in [6.07, 6.45) is 7.19. The molecule has 2 aromatic heterocycles. The van der Waals surface area contributed by atoms with Gasteiger partial charge in [0.05, 0.1) is 28.1 Å². The summed E-state index contributed by atoms with van der Waals surface area (Å²) in [7, 11) is -2.12. The number of likely N-dealkylation sites (tertiary alicyclic amines) is 1. The zero-order valence-corrected chi connectivity index (χ0v) is 23.7. The van der Waals surface area contributed by atoms with Gasteiger partial charge < -0.3 is 25.3 Å². The number of aromatic amines is 1. The molecule has 0 bridgehead atoms. The van der Waals surface area contributed by atoms with Gasteiger partial charge in [0.2, 0.25) is 16.0 Å². The summed E-state index contributed by atoms with van der Waals surface area (Å²) in [4.78, 5) is 15.0. The Labute approximate surface area is 229 Å². The van der Waals surface area contributed by atoms with E-state index < -0.39 is 10.0 Å². The molecule has 0 unspecified atom stereocenters. The number of aromatic nitrogens is 3. The molecule has 12 heteroatoms. The number of rotatable bonds is 8. The van der Waals surface area contributed by atoms with Gasteiger partial charge in [0.25, 0.3) is 0 Å². The first-order valence-electron chi connectivity index (χ1n) is 13.3. The second-order valence-corrected chi connectivity index (χ2v) is 12.6. The summed E-state index contributed by atoms with van der Waals surface area (Å²) in [6, 6.07) is 5.47. The monoisotopic (exact) mass is 561 g/mol. The van der Waals surface area contributed by atoms with E-state index in [1.54, 1.807) is 28.7 Å². The Hall–Kier alpha value is -2.60. The zero-order chi connectivity index (χ0) is 26.9. The Morgan fingerprint density at radius 3 is 2.53 bits per heavy atom. The molecular weight excluding hydrogens is 526 g/mol. The van der Waals surface area contributed by atoms with Gasteiger partial charge in [0, 0.05) is 37.4 Å². The van der Waals surface area contributed by atoms with Gasteiger partial charge in [-0.1, -0.05) is 18.0 Å². The van der Waals surface area contributed by atoms with E-state index in [4.69, 9.17) is 16.3 Å². The minimum absolute atomic E-state index is 0.135. The van der Waals surface area contributed by atoms with Crippen LogP contribution in [0.4, 0.5) is 17.5 Å². The maximum Gasteiger partial charge on any atom is 0.243 e. The number of piperidine rings is 2. The summed E-state index contributed by atoms with van der Waals surface area (Å²) in [5.74, 6) is 1.32. The van der Waals surface area contributed by atoms with Gasteiger partial charge in [0.1, 0.15) is 17.2 Å². The second kappa shape index (κ2) is 11.3. The molecule has 3 aromatic rings. The maximum atomic E-state index is 13.5. The van der Waals surface area contributed by atoms with E-state index in [9.17, 15) is 8.42 Å². The molecule has 2 saturated heterocycles. The number of methoxy groups -OCH3 is 1. The standard InChI is InChI=1S/C26H36ClN7O3S/c1-17(2)29-25-23-20(27)16-28-24(23)31-26(32-25)30-21-8-7-19(15-22(21)37-3)38(35,36)34-13-9-18(10-14-34)33-11-5-4-6-12-33/h7-8,15-18H,4-6,9-14H2,1-3H3,(H3,28,29,30,31,32). The Bertz CT molecular complexity index is 1380. The fourth-order valence-corrected chi connectivity index (χ4v) is 7.08. The average molecular weight is 562 g/mol. The van der Waals surface area contributed by atoms with E-state index in [0.29, 0.717) is 58.4 Å². The summed E-state index contributed by atoms with van der Waals surface area (Å²) >= 11 is 6.34. The quantitative estimate of drug-likeness (QED) is 0.358. The Balaban J connectivity index is 1.34. The van der Waals surface area contributed by atoms with Gasteiger partial charge in [-0.2, -0.15) is 14.3 Å². The molecule has 2 aliphatic rings. The van der Waals surface area contributed by atoms with Crippen molar-refractivity contribution in [3.8, 4) is 5.75 Å². The number of sulfonamides is 1. The van der Waals surface area contributed by atoms with Gasteiger partial charge in [-0.05, 0) is 64.8 Å². The molecular formula is C26H36ClN7O3S. The normalized spacial score (nSPS) is 18.2. The molecule has 0 amide bonds. The fraction of sp³-hybridized carbons (Fsp3) is 0.538. The van der Waals surface area contributed by atoms with Crippen molar-refractivity contribution in [3.05, 3.63) is 29.4 Å². The summed E-state index contributed by atoms with van der Waals surface area (Å²) < 4.78 is 34.2. The first-order chi connectivity index (χ1) is 18.3. The third kappa shape index (κ3) is 5.56. The largest absolute Gasteiger partial charge is 0.495 e. The molecule has 0 aliphatic carbocycles. The lowest BCUT2D eigenvalue weighted by molar-refractivity contribution is 0.118. The third-order valence-electron chi connectivity index (χ3n) is 7.30. The number of nitrogens with one attached hydrogen (secondary N) is 3. The molecule has 38 heavy (non-hydrogen) atoms. The lowest BCUT2D eigenvalue weighted by Crippen LogP contribution is -2.48. The lowest BCUT2D eigenvalue weighted by Gasteiger charge is -2.39. The summed E-state index contributed by atoms with van der Waals surface area (Å²) in [5.41, 5.74) is 1.14. The first-order valence-corrected chi connectivity index (χ1v) is 15.1. The van der Waals surface area contributed by atoms with Crippen molar-refractivity contribution >= 4 is 50.1 Å². The van der Waals surface area contributed by atoms with Crippen molar-refractivity contribution in [1.82, 2.24) is 24.2 Å². The van der Waals surface area contributed by atoms with Crippen LogP contribution in [0.25, 0.3) is 11.0 Å². The minimum Gasteiger partial charge on any atom is -0.495 e. The number of anilines is 3. The van der Waals surface area contributed by atoms with Crippen molar-refractivity contribution in [2.75, 3.05) is 43.9 Å². The van der Waals surface area contributed by atoms with E-state index in [1.165, 1.54) is 26.4 Å². The average Bonchev–Trinajstić information content (AvgIpc) is 3.29. The number of fused-ring (bicyclic) bond motifs is 1. The van der Waals surface area contributed by atoms with Crippen LogP contribution in [0.1, 0.15) is 46.0 Å². The molecule has 4 heterocycles. The highest BCUT2D eigenvalue weighted by Gasteiger charge is 2.32. The fourth-order valence-electron chi connectivity index (χ4n) is 5.37. The predicted molar refractivity (Wildman–Crippen MR) is 151 cm³/mol. The molecule has 1 aromatic carbocycles. The number of H-pyrrole nitrogens is 1. The first kappa shape index (κ1) is 27.0. The number of ether oxygens (including phenoxy) is 1. The molecule has 0 radical (unpaired) electrons. The maximum absolute atomic E-state index is 13.5. The van der Waals surface area contributed by atoms with Crippen LogP contribution < -0.4 is 15.4 Å². The van der Waals surface area contributed by atoms with Crippen molar-refractivity contribution in [3.63, 3.8) is 0 Å². The lowest BCUT2D eigenvalue weighted by atomic mass is 10.0. The number of hydrogen-bond donors (Lipinski definition) is 3. The molecule has 2 aliphatic heterocycles. The van der Waals surface area contributed by atoms with Gasteiger partial charge in [-0.3, -0.25) is 0 Å². The molecule has 3 N–H and O–H groups in total. The van der Waals surface area contributed by atoms with Crippen LogP contribution in [-0.2, 0) is 10.0 Å². The van der Waals surface area contributed by atoms with Crippen molar-refractivity contribution in [2.45, 2.75) is 62.9 Å². The van der Waals surface area contributed by atoms with E-state index in [2.05, 4.69) is 30.5 Å². The third-order valence-corrected chi connectivity index (χ3v) is 9.49. The van der Waals surface area contributed by atoms with E-state index >= 15 is 0 Å². The van der Waals surface area contributed by atoms with Crippen molar-refractivity contribution in [2.24, 2.45) is 0 Å². The van der Waals surface area contributed by atoms with Crippen molar-refractivity contribution in [1.29, 1.82) is 0 Å². The van der Waals surface area contributed by atoms with Crippen LogP contribution in [0.15, 0.2) is 29.3 Å². The highest BCUT2D eigenvalue weighted by molar-refractivity contribution is 7.89. The van der Waals surface area contributed by atoms with Gasteiger partial charge >= 0.3 is 0 Å². The number of benzene rings is 1. The number of hydrogen-bond acceptors (Lipinski definition) is 8. The summed E-state index contributed by atoms with van der Waals surface area (Å²) in [6.45, 7) is 7.35. The van der Waals surface area contributed by atoms with Crippen LogP contribution in [0, 0.1) is 0 Å². The van der Waals surface area contributed by atoms with Crippen LogP contribution in [-0.4, -0.2) is 77.9 Å². The molecule has 0 spiro atoms. The second-order valence-electron chi connectivity index (χ2n) is 10.3. The highest BCUT2D eigenvalue weighted by atomic mass is 35.5. The van der Waals surface area contributed by atoms with Crippen LogP contribution in [0.5, 0.6) is 5.75 Å². The molecule has 2 fully saturated rings. The predicted octanol–water partition coefficient (Wildman–Crippen LogP) is 4.82. The van der Waals surface area contributed by atoms with Crippen LogP contribution in [0.2, 0.25) is 5.02 Å². The Morgan fingerprint density at radius 2 is 1.84 bits per heavy atom. The minimum atomic E-state index is -3.64. The SMILES string of the molecule is COc1cc(S(=O)(=O)N2CCC(N3CCCCC3)CC2)ccc1Nc1nc(NC(C)C)c2c(Cl)c[nH]c2n1. The van der Waals surface area contributed by atoms with Crippen LogP contribution >= 0.6 is 11.6 Å². The number of nitrogens with zero attached hydrogens (tertiary/aromatic N) is 4. The molecule has 5 rings (SSSR count). The van der Waals surface area contributed by atoms with Crippen molar-refractivity contribution < 1.29 is 13.2 Å². The zero-order valence-electron chi connectivity index (χ0n) is 22.1. The molecule has 0 saturated carbocycles. The Morgan fingerprint density at radius 1 is 1.11 bits per heavy atom. The van der Waals surface area contributed by atoms with Gasteiger partial charge in [-0.15, -0.1) is 0 Å². The molecule has 10 nitrogen and oxygen atoms in total. The molecule has 0 atom stereocenters. The van der Waals surface area contributed by atoms with E-state index in [0.717, 1.165) is 25.9 Å². The summed E-state index contributed by atoms with van der Waals surface area (Å²) in [5, 5.41) is 7.72. The topological polar surface area (TPSA) is 115 Å². The van der Waals surface area contributed by atoms with E-state index in [-0.39, 0.29) is 10.9 Å². The Kier molecular flexibility index (Phi) is 7.99. The van der Waals surface area contributed by atoms with E-state index in [1.807, 2.05) is 13.8 Å². The van der Waals surface area contributed by atoms with Gasteiger partial charge in [0.15, 0.2) is 0 Å². The van der Waals surface area contributed by atoms with Gasteiger partial charge in [-0.25, -0.2) is 8.42 Å². The number of halogens is 1. The smallest absolute Gasteiger partial charge is 0.243 e. The van der Waals surface area contributed by atoms with Crippen LogP contribution in [0.3, 0.4) is 0 Å².